The molecule has 120 valence electrons. The number of primary amides is 1. The number of rotatable bonds is 4. The summed E-state index contributed by atoms with van der Waals surface area (Å²) in [5.41, 5.74) is 7.45. The monoisotopic (exact) mass is 313 g/mol. The Morgan fingerprint density at radius 1 is 1.22 bits per heavy atom. The molecule has 1 aromatic heterocycles. The van der Waals surface area contributed by atoms with E-state index in [0.717, 1.165) is 11.1 Å². The third-order valence-corrected chi connectivity index (χ3v) is 4.20. The first-order valence-corrected chi connectivity index (χ1v) is 7.54. The van der Waals surface area contributed by atoms with Gasteiger partial charge in [0.1, 0.15) is 5.69 Å². The zero-order valence-electron chi connectivity index (χ0n) is 12.6. The van der Waals surface area contributed by atoms with Crippen LogP contribution in [0.2, 0.25) is 0 Å². The highest BCUT2D eigenvalue weighted by molar-refractivity contribution is 5.99. The summed E-state index contributed by atoms with van der Waals surface area (Å²) in [4.78, 5) is 28.3. The van der Waals surface area contributed by atoms with Gasteiger partial charge in [-0.05, 0) is 11.6 Å². The Morgan fingerprint density at radius 3 is 2.65 bits per heavy atom. The van der Waals surface area contributed by atoms with Gasteiger partial charge in [0.25, 0.3) is 5.91 Å². The molecular formula is C17H19N3O3. The minimum Gasteiger partial charge on any atom is -0.391 e. The van der Waals surface area contributed by atoms with Crippen molar-refractivity contribution in [2.45, 2.75) is 12.5 Å². The number of hydrogen-bond donors (Lipinski definition) is 3. The molecule has 1 fully saturated rings. The van der Waals surface area contributed by atoms with E-state index in [1.54, 1.807) is 11.1 Å². The SMILES string of the molecule is NC(=O)C[C@@H]1CN(C(=O)c2[nH]ccc2-c2ccccc2)C[C@H]1O. The molecule has 0 aliphatic carbocycles. The van der Waals surface area contributed by atoms with Crippen LogP contribution >= 0.6 is 0 Å². The summed E-state index contributed by atoms with van der Waals surface area (Å²) in [6, 6.07) is 11.5. The topological polar surface area (TPSA) is 99.4 Å². The first-order chi connectivity index (χ1) is 11.1. The van der Waals surface area contributed by atoms with Crippen LogP contribution in [0.1, 0.15) is 16.9 Å². The van der Waals surface area contributed by atoms with Crippen LogP contribution in [0.4, 0.5) is 0 Å². The summed E-state index contributed by atoms with van der Waals surface area (Å²) in [5, 5.41) is 10.0. The minimum atomic E-state index is -0.721. The molecule has 6 heteroatoms. The van der Waals surface area contributed by atoms with E-state index in [1.807, 2.05) is 36.4 Å². The van der Waals surface area contributed by atoms with E-state index >= 15 is 0 Å². The van der Waals surface area contributed by atoms with E-state index in [0.29, 0.717) is 12.2 Å². The van der Waals surface area contributed by atoms with Crippen LogP contribution in [-0.4, -0.2) is 46.0 Å². The fourth-order valence-corrected chi connectivity index (χ4v) is 3.04. The second kappa shape index (κ2) is 6.26. The third-order valence-electron chi connectivity index (χ3n) is 4.20. The summed E-state index contributed by atoms with van der Waals surface area (Å²) in [7, 11) is 0. The van der Waals surface area contributed by atoms with Gasteiger partial charge in [0.15, 0.2) is 0 Å². The highest BCUT2D eigenvalue weighted by Crippen LogP contribution is 2.27. The number of amides is 2. The molecule has 1 saturated heterocycles. The van der Waals surface area contributed by atoms with Crippen molar-refractivity contribution in [2.24, 2.45) is 11.7 Å². The van der Waals surface area contributed by atoms with E-state index in [9.17, 15) is 14.7 Å². The normalized spacial score (nSPS) is 20.7. The Bertz CT molecular complexity index is 711. The zero-order valence-corrected chi connectivity index (χ0v) is 12.6. The predicted octanol–water partition coefficient (Wildman–Crippen LogP) is 0.990. The molecule has 0 radical (unpaired) electrons. The maximum absolute atomic E-state index is 12.7. The summed E-state index contributed by atoms with van der Waals surface area (Å²) >= 11 is 0. The van der Waals surface area contributed by atoms with E-state index in [2.05, 4.69) is 4.98 Å². The van der Waals surface area contributed by atoms with Crippen molar-refractivity contribution in [1.29, 1.82) is 0 Å². The molecule has 1 aliphatic heterocycles. The van der Waals surface area contributed by atoms with E-state index < -0.39 is 12.0 Å². The van der Waals surface area contributed by atoms with Crippen LogP contribution in [0.5, 0.6) is 0 Å². The molecule has 2 amide bonds. The molecule has 0 spiro atoms. The number of hydrogen-bond acceptors (Lipinski definition) is 3. The number of nitrogens with two attached hydrogens (primary N) is 1. The fourth-order valence-electron chi connectivity index (χ4n) is 3.04. The smallest absolute Gasteiger partial charge is 0.271 e. The third kappa shape index (κ3) is 3.12. The number of aliphatic hydroxyl groups excluding tert-OH is 1. The van der Waals surface area contributed by atoms with Crippen LogP contribution in [0.3, 0.4) is 0 Å². The van der Waals surface area contributed by atoms with Crippen LogP contribution in [0.15, 0.2) is 42.6 Å². The largest absolute Gasteiger partial charge is 0.391 e. The van der Waals surface area contributed by atoms with Crippen molar-refractivity contribution >= 4 is 11.8 Å². The number of H-pyrrole nitrogens is 1. The Kier molecular flexibility index (Phi) is 4.16. The van der Waals surface area contributed by atoms with Gasteiger partial charge < -0.3 is 20.7 Å². The molecule has 3 rings (SSSR count). The van der Waals surface area contributed by atoms with Crippen LogP contribution in [0, 0.1) is 5.92 Å². The second-order valence-corrected chi connectivity index (χ2v) is 5.84. The van der Waals surface area contributed by atoms with E-state index in [-0.39, 0.29) is 24.8 Å². The van der Waals surface area contributed by atoms with E-state index in [1.165, 1.54) is 0 Å². The molecule has 0 unspecified atom stereocenters. The van der Waals surface area contributed by atoms with Gasteiger partial charge in [-0.15, -0.1) is 0 Å². The second-order valence-electron chi connectivity index (χ2n) is 5.84. The summed E-state index contributed by atoms with van der Waals surface area (Å²) in [6.45, 7) is 0.542. The molecule has 0 bridgehead atoms. The van der Waals surface area contributed by atoms with Gasteiger partial charge in [-0.3, -0.25) is 9.59 Å². The highest BCUT2D eigenvalue weighted by atomic mass is 16.3. The Hall–Kier alpha value is -2.60. The van der Waals surface area contributed by atoms with Crippen molar-refractivity contribution in [3.63, 3.8) is 0 Å². The number of aromatic nitrogens is 1. The lowest BCUT2D eigenvalue weighted by Crippen LogP contribution is -2.30. The average molecular weight is 313 g/mol. The molecule has 2 heterocycles. The van der Waals surface area contributed by atoms with Crippen molar-refractivity contribution in [1.82, 2.24) is 9.88 Å². The number of carbonyl (C=O) groups excluding carboxylic acids is 2. The average Bonchev–Trinajstić information content (AvgIpc) is 3.15. The number of benzene rings is 1. The van der Waals surface area contributed by atoms with Gasteiger partial charge in [-0.1, -0.05) is 30.3 Å². The van der Waals surface area contributed by atoms with Crippen molar-refractivity contribution in [2.75, 3.05) is 13.1 Å². The Morgan fingerprint density at radius 2 is 1.96 bits per heavy atom. The first kappa shape index (κ1) is 15.3. The molecule has 2 aromatic rings. The number of nitrogens with zero attached hydrogens (tertiary/aromatic N) is 1. The molecule has 6 nitrogen and oxygen atoms in total. The van der Waals surface area contributed by atoms with Crippen molar-refractivity contribution in [3.8, 4) is 11.1 Å². The van der Waals surface area contributed by atoms with Crippen molar-refractivity contribution in [3.05, 3.63) is 48.3 Å². The molecular weight excluding hydrogens is 294 g/mol. The molecule has 4 N–H and O–H groups in total. The summed E-state index contributed by atoms with van der Waals surface area (Å²) < 4.78 is 0. The number of nitrogens with one attached hydrogen (secondary N) is 1. The molecule has 2 atom stereocenters. The lowest BCUT2D eigenvalue weighted by molar-refractivity contribution is -0.119. The van der Waals surface area contributed by atoms with Gasteiger partial charge in [0, 0.05) is 37.2 Å². The van der Waals surface area contributed by atoms with Crippen molar-refractivity contribution < 1.29 is 14.7 Å². The van der Waals surface area contributed by atoms with Gasteiger partial charge in [0.2, 0.25) is 5.91 Å². The van der Waals surface area contributed by atoms with Gasteiger partial charge in [-0.25, -0.2) is 0 Å². The first-order valence-electron chi connectivity index (χ1n) is 7.54. The maximum atomic E-state index is 12.7. The quantitative estimate of drug-likeness (QED) is 0.785. The van der Waals surface area contributed by atoms with Gasteiger partial charge in [-0.2, -0.15) is 0 Å². The predicted molar refractivity (Wildman–Crippen MR) is 85.4 cm³/mol. The van der Waals surface area contributed by atoms with Gasteiger partial charge in [0.05, 0.1) is 6.10 Å². The minimum absolute atomic E-state index is 0.0845. The highest BCUT2D eigenvalue weighted by Gasteiger charge is 2.36. The Labute approximate surface area is 133 Å². The number of aromatic amines is 1. The van der Waals surface area contributed by atoms with Crippen LogP contribution in [0.25, 0.3) is 11.1 Å². The summed E-state index contributed by atoms with van der Waals surface area (Å²) in [6.07, 6.45) is 1.09. The molecule has 1 aromatic carbocycles. The maximum Gasteiger partial charge on any atom is 0.271 e. The Balaban J connectivity index is 1.80. The number of β-amino-alcohol motifs (C(OH)–C–C–N with tert-alkyl or cyclic N) is 1. The number of likely N-dealkylation sites (tertiary alicyclic amines) is 1. The van der Waals surface area contributed by atoms with E-state index in [4.69, 9.17) is 5.73 Å². The number of aliphatic hydroxyl groups is 1. The van der Waals surface area contributed by atoms with Crippen LogP contribution < -0.4 is 5.73 Å². The van der Waals surface area contributed by atoms with Crippen LogP contribution in [-0.2, 0) is 4.79 Å². The standard InChI is InChI=1S/C17H19N3O3/c18-15(22)8-12-9-20(10-14(12)21)17(23)16-13(6-7-19-16)11-4-2-1-3-5-11/h1-7,12,14,19,21H,8-10H2,(H2,18,22)/t12-,14-/m1/s1. The lowest BCUT2D eigenvalue weighted by Gasteiger charge is -2.16. The molecule has 23 heavy (non-hydrogen) atoms. The molecule has 0 saturated carbocycles. The zero-order chi connectivity index (χ0) is 16.4. The molecule has 1 aliphatic rings. The number of carbonyl (C=O) groups is 2. The fraction of sp³-hybridized carbons (Fsp3) is 0.294. The van der Waals surface area contributed by atoms with Gasteiger partial charge >= 0.3 is 0 Å². The summed E-state index contributed by atoms with van der Waals surface area (Å²) in [5.74, 6) is -0.945. The lowest BCUT2D eigenvalue weighted by atomic mass is 10.0.